The first-order valence-electron chi connectivity index (χ1n) is 7.64. The molecule has 0 aliphatic carbocycles. The van der Waals surface area contributed by atoms with E-state index in [1.54, 1.807) is 17.6 Å². The number of piperidine rings is 1. The number of likely N-dealkylation sites (tertiary alicyclic amines) is 1. The van der Waals surface area contributed by atoms with Gasteiger partial charge < -0.3 is 14.3 Å². The smallest absolute Gasteiger partial charge is 0.334 e. The molecule has 7 heteroatoms. The number of aliphatic hydroxyl groups is 1. The van der Waals surface area contributed by atoms with Crippen molar-refractivity contribution in [3.05, 3.63) is 29.5 Å². The Bertz CT molecular complexity index is 632. The highest BCUT2D eigenvalue weighted by Gasteiger charge is 2.30. The number of ether oxygens (including phenoxy) is 1. The van der Waals surface area contributed by atoms with Crippen molar-refractivity contribution in [3.8, 4) is 10.8 Å². The molecular formula is C16H20N2O4S. The van der Waals surface area contributed by atoms with Gasteiger partial charge in [0.1, 0.15) is 0 Å². The molecule has 1 aliphatic rings. The van der Waals surface area contributed by atoms with E-state index >= 15 is 0 Å². The largest absolute Gasteiger partial charge is 0.467 e. The van der Waals surface area contributed by atoms with Gasteiger partial charge in [0.05, 0.1) is 19.1 Å². The standard InChI is InChI=1S/C16H20N2O4S/c1-21-16(20)14(19)11-4-6-18(7-5-11)9-12-10-23-15(17-12)13-3-2-8-22-13/h2-3,8,10-11,14,19H,4-7,9H2,1H3. The number of aromatic nitrogens is 1. The number of carbonyl (C=O) groups is 1. The van der Waals surface area contributed by atoms with Crippen LogP contribution in [0.3, 0.4) is 0 Å². The van der Waals surface area contributed by atoms with Gasteiger partial charge in [0, 0.05) is 11.9 Å². The van der Waals surface area contributed by atoms with Crippen molar-refractivity contribution in [2.45, 2.75) is 25.5 Å². The number of carbonyl (C=O) groups excluding carboxylic acids is 1. The summed E-state index contributed by atoms with van der Waals surface area (Å²) < 4.78 is 9.96. The fourth-order valence-electron chi connectivity index (χ4n) is 2.86. The summed E-state index contributed by atoms with van der Waals surface area (Å²) in [4.78, 5) is 18.3. The first-order chi connectivity index (χ1) is 11.2. The van der Waals surface area contributed by atoms with E-state index in [4.69, 9.17) is 4.42 Å². The van der Waals surface area contributed by atoms with E-state index in [1.165, 1.54) is 7.11 Å². The highest BCUT2D eigenvalue weighted by molar-refractivity contribution is 7.13. The van der Waals surface area contributed by atoms with Crippen molar-refractivity contribution in [1.29, 1.82) is 0 Å². The van der Waals surface area contributed by atoms with Crippen molar-refractivity contribution in [3.63, 3.8) is 0 Å². The fraction of sp³-hybridized carbons (Fsp3) is 0.500. The van der Waals surface area contributed by atoms with Crippen molar-refractivity contribution in [1.82, 2.24) is 9.88 Å². The minimum Gasteiger partial charge on any atom is -0.467 e. The Labute approximate surface area is 138 Å². The Morgan fingerprint density at radius 3 is 3.00 bits per heavy atom. The van der Waals surface area contributed by atoms with E-state index in [9.17, 15) is 9.90 Å². The molecular weight excluding hydrogens is 316 g/mol. The van der Waals surface area contributed by atoms with Crippen LogP contribution in [0.15, 0.2) is 28.2 Å². The lowest BCUT2D eigenvalue weighted by Crippen LogP contribution is -2.40. The molecule has 23 heavy (non-hydrogen) atoms. The van der Waals surface area contributed by atoms with Gasteiger partial charge in [-0.25, -0.2) is 9.78 Å². The lowest BCUT2D eigenvalue weighted by Gasteiger charge is -2.32. The summed E-state index contributed by atoms with van der Waals surface area (Å²) in [7, 11) is 1.31. The van der Waals surface area contributed by atoms with Crippen molar-refractivity contribution >= 4 is 17.3 Å². The van der Waals surface area contributed by atoms with Gasteiger partial charge in [0.2, 0.25) is 0 Å². The van der Waals surface area contributed by atoms with Gasteiger partial charge in [0.25, 0.3) is 0 Å². The predicted molar refractivity (Wildman–Crippen MR) is 85.8 cm³/mol. The monoisotopic (exact) mass is 336 g/mol. The zero-order valence-electron chi connectivity index (χ0n) is 13.0. The van der Waals surface area contributed by atoms with Crippen molar-refractivity contribution < 1.29 is 19.1 Å². The summed E-state index contributed by atoms with van der Waals surface area (Å²) in [6.07, 6.45) is 2.21. The zero-order valence-corrected chi connectivity index (χ0v) is 13.8. The van der Waals surface area contributed by atoms with Crippen LogP contribution in [-0.2, 0) is 16.1 Å². The molecule has 3 rings (SSSR count). The summed E-state index contributed by atoms with van der Waals surface area (Å²) in [6, 6.07) is 3.76. The third kappa shape index (κ3) is 3.80. The first kappa shape index (κ1) is 16.2. The number of hydrogen-bond acceptors (Lipinski definition) is 7. The van der Waals surface area contributed by atoms with Crippen molar-refractivity contribution in [2.75, 3.05) is 20.2 Å². The normalized spacial score (nSPS) is 18.0. The third-order valence-corrected chi connectivity index (χ3v) is 5.10. The van der Waals surface area contributed by atoms with Crippen LogP contribution in [0.1, 0.15) is 18.5 Å². The number of rotatable bonds is 5. The second kappa shape index (κ2) is 7.25. The predicted octanol–water partition coefficient (Wildman–Crippen LogP) is 2.15. The van der Waals surface area contributed by atoms with Crippen LogP contribution in [0.25, 0.3) is 10.8 Å². The average molecular weight is 336 g/mol. The molecule has 1 unspecified atom stereocenters. The molecule has 1 aliphatic heterocycles. The maximum atomic E-state index is 11.4. The summed E-state index contributed by atoms with van der Waals surface area (Å²) in [5.41, 5.74) is 1.02. The van der Waals surface area contributed by atoms with Crippen LogP contribution >= 0.6 is 11.3 Å². The Morgan fingerprint density at radius 2 is 2.35 bits per heavy atom. The molecule has 1 atom stereocenters. The molecule has 0 radical (unpaired) electrons. The van der Waals surface area contributed by atoms with Crippen LogP contribution in [0.5, 0.6) is 0 Å². The average Bonchev–Trinajstić information content (AvgIpc) is 3.25. The molecule has 0 spiro atoms. The van der Waals surface area contributed by atoms with Gasteiger partial charge in [-0.15, -0.1) is 11.3 Å². The number of aliphatic hydroxyl groups excluding tert-OH is 1. The second-order valence-corrected chi connectivity index (χ2v) is 6.56. The van der Waals surface area contributed by atoms with Crippen molar-refractivity contribution in [2.24, 2.45) is 5.92 Å². The molecule has 2 aromatic heterocycles. The minimum atomic E-state index is -1.01. The van der Waals surface area contributed by atoms with E-state index in [0.29, 0.717) is 0 Å². The summed E-state index contributed by atoms with van der Waals surface area (Å²) in [5.74, 6) is 0.236. The van der Waals surface area contributed by atoms with Gasteiger partial charge in [-0.2, -0.15) is 0 Å². The fourth-order valence-corrected chi connectivity index (χ4v) is 3.64. The van der Waals surface area contributed by atoms with Crippen LogP contribution in [-0.4, -0.2) is 47.3 Å². The molecule has 124 valence electrons. The Balaban J connectivity index is 1.52. The highest BCUT2D eigenvalue weighted by Crippen LogP contribution is 2.26. The number of hydrogen-bond donors (Lipinski definition) is 1. The molecule has 2 aromatic rings. The maximum absolute atomic E-state index is 11.4. The summed E-state index contributed by atoms with van der Waals surface area (Å²) in [5, 5.41) is 12.9. The van der Waals surface area contributed by atoms with E-state index in [1.807, 2.05) is 17.5 Å². The minimum absolute atomic E-state index is 0.0205. The number of furan rings is 1. The first-order valence-corrected chi connectivity index (χ1v) is 8.52. The molecule has 0 saturated carbocycles. The van der Waals surface area contributed by atoms with Gasteiger partial charge in [-0.05, 0) is 44.0 Å². The van der Waals surface area contributed by atoms with Gasteiger partial charge in [-0.3, -0.25) is 4.90 Å². The second-order valence-electron chi connectivity index (χ2n) is 5.70. The highest BCUT2D eigenvalue weighted by atomic mass is 32.1. The quantitative estimate of drug-likeness (QED) is 0.843. The molecule has 0 aromatic carbocycles. The van der Waals surface area contributed by atoms with Crippen LogP contribution in [0.2, 0.25) is 0 Å². The molecule has 3 heterocycles. The van der Waals surface area contributed by atoms with E-state index in [-0.39, 0.29) is 5.92 Å². The summed E-state index contributed by atoms with van der Waals surface area (Å²) >= 11 is 1.58. The van der Waals surface area contributed by atoms with Crippen LogP contribution < -0.4 is 0 Å². The third-order valence-electron chi connectivity index (χ3n) is 4.19. The summed E-state index contributed by atoms with van der Waals surface area (Å²) in [6.45, 7) is 2.46. The Morgan fingerprint density at radius 1 is 1.57 bits per heavy atom. The van der Waals surface area contributed by atoms with Gasteiger partial charge in [-0.1, -0.05) is 0 Å². The number of methoxy groups -OCH3 is 1. The molecule has 1 fully saturated rings. The van der Waals surface area contributed by atoms with E-state index < -0.39 is 12.1 Å². The Kier molecular flexibility index (Phi) is 5.09. The van der Waals surface area contributed by atoms with Gasteiger partial charge in [0.15, 0.2) is 16.9 Å². The molecule has 1 N–H and O–H groups in total. The Hall–Kier alpha value is -1.70. The molecule has 0 bridgehead atoms. The number of thiazole rings is 1. The maximum Gasteiger partial charge on any atom is 0.334 e. The number of esters is 1. The molecule has 1 saturated heterocycles. The van der Waals surface area contributed by atoms with Gasteiger partial charge >= 0.3 is 5.97 Å². The van der Waals surface area contributed by atoms with Crippen LogP contribution in [0, 0.1) is 5.92 Å². The zero-order chi connectivity index (χ0) is 16.2. The van der Waals surface area contributed by atoms with Crippen LogP contribution in [0.4, 0.5) is 0 Å². The lowest BCUT2D eigenvalue weighted by atomic mass is 9.91. The molecule has 0 amide bonds. The van der Waals surface area contributed by atoms with E-state index in [2.05, 4.69) is 14.6 Å². The SMILES string of the molecule is COC(=O)C(O)C1CCN(Cc2csc(-c3ccco3)n2)CC1. The molecule has 6 nitrogen and oxygen atoms in total. The number of nitrogens with zero attached hydrogens (tertiary/aromatic N) is 2. The lowest BCUT2D eigenvalue weighted by molar-refractivity contribution is -0.154. The van der Waals surface area contributed by atoms with E-state index in [0.717, 1.165) is 48.9 Å². The topological polar surface area (TPSA) is 75.8 Å².